The zero-order valence-corrected chi connectivity index (χ0v) is 30.5. The Morgan fingerprint density at radius 2 is 1.58 bits per heavy atom. The number of furan rings is 1. The van der Waals surface area contributed by atoms with E-state index in [2.05, 4.69) is 16.0 Å². The van der Waals surface area contributed by atoms with Gasteiger partial charge in [0.2, 0.25) is 5.91 Å². The summed E-state index contributed by atoms with van der Waals surface area (Å²) in [5.74, 6) is -1.51. The monoisotopic (exact) mass is 741 g/mol. The van der Waals surface area contributed by atoms with Gasteiger partial charge in [0.05, 0.1) is 12.9 Å². The normalized spacial score (nSPS) is 11.7. The number of benzene rings is 4. The molecule has 266 valence electrons. The van der Waals surface area contributed by atoms with Crippen molar-refractivity contribution in [2.75, 3.05) is 17.2 Å². The second-order valence-electron chi connectivity index (χ2n) is 11.7. The molecule has 0 saturated heterocycles. The number of rotatable bonds is 13. The Balaban J connectivity index is 1.24. The van der Waals surface area contributed by atoms with Crippen LogP contribution in [0.1, 0.15) is 49.8 Å². The van der Waals surface area contributed by atoms with Crippen molar-refractivity contribution in [3.05, 3.63) is 167 Å². The summed E-state index contributed by atoms with van der Waals surface area (Å²) in [5, 5.41) is 10.1. The summed E-state index contributed by atoms with van der Waals surface area (Å²) in [4.78, 5) is 54.7. The summed E-state index contributed by atoms with van der Waals surface area (Å²) in [5.41, 5.74) is 4.45. The highest BCUT2D eigenvalue weighted by Gasteiger charge is 2.28. The van der Waals surface area contributed by atoms with Crippen LogP contribution in [0.2, 0.25) is 0 Å². The van der Waals surface area contributed by atoms with Gasteiger partial charge in [-0.05, 0) is 67.4 Å². The van der Waals surface area contributed by atoms with Gasteiger partial charge in [0.1, 0.15) is 27.3 Å². The Bertz CT molecular complexity index is 2230. The first kappa shape index (κ1) is 36.6. The number of thiophene rings is 1. The molecular formula is C42H35N3O6S2. The van der Waals surface area contributed by atoms with E-state index in [-0.39, 0.29) is 18.2 Å². The van der Waals surface area contributed by atoms with E-state index in [1.54, 1.807) is 67.6 Å². The Kier molecular flexibility index (Phi) is 12.0. The van der Waals surface area contributed by atoms with Gasteiger partial charge in [0.15, 0.2) is 0 Å². The molecule has 4 aromatic carbocycles. The van der Waals surface area contributed by atoms with Crippen LogP contribution < -0.4 is 16.0 Å². The van der Waals surface area contributed by atoms with Crippen LogP contribution in [0.5, 0.6) is 0 Å². The number of hydrogen-bond donors (Lipinski definition) is 3. The van der Waals surface area contributed by atoms with Gasteiger partial charge in [-0.2, -0.15) is 0 Å². The zero-order valence-electron chi connectivity index (χ0n) is 28.8. The van der Waals surface area contributed by atoms with Crippen LogP contribution >= 0.6 is 23.1 Å². The highest BCUT2D eigenvalue weighted by molar-refractivity contribution is 8.00. The van der Waals surface area contributed by atoms with E-state index < -0.39 is 23.0 Å². The van der Waals surface area contributed by atoms with Gasteiger partial charge < -0.3 is 25.1 Å². The third-order valence-corrected chi connectivity index (χ3v) is 10.1. The van der Waals surface area contributed by atoms with Crippen LogP contribution in [-0.2, 0) is 14.3 Å². The molecular weight excluding hydrogens is 707 g/mol. The summed E-state index contributed by atoms with van der Waals surface area (Å²) in [6.07, 6.45) is 2.92. The second kappa shape index (κ2) is 17.4. The summed E-state index contributed by atoms with van der Waals surface area (Å²) in [6, 6.07) is 36.1. The van der Waals surface area contributed by atoms with Crippen molar-refractivity contribution in [2.45, 2.75) is 24.0 Å². The van der Waals surface area contributed by atoms with Crippen LogP contribution in [0.25, 0.3) is 17.2 Å². The van der Waals surface area contributed by atoms with Gasteiger partial charge in [0, 0.05) is 33.2 Å². The molecule has 6 rings (SSSR count). The van der Waals surface area contributed by atoms with Gasteiger partial charge in [-0.25, -0.2) is 4.79 Å². The molecule has 1 atom stereocenters. The lowest BCUT2D eigenvalue weighted by Crippen LogP contribution is -2.30. The molecule has 0 radical (unpaired) electrons. The lowest BCUT2D eigenvalue weighted by atomic mass is 10.0. The summed E-state index contributed by atoms with van der Waals surface area (Å²) < 4.78 is 10.8. The number of anilines is 2. The summed E-state index contributed by atoms with van der Waals surface area (Å²) in [6.45, 7) is 3.91. The average molecular weight is 742 g/mol. The fourth-order valence-corrected chi connectivity index (χ4v) is 7.36. The first-order valence-corrected chi connectivity index (χ1v) is 18.5. The number of amides is 3. The Morgan fingerprint density at radius 3 is 2.28 bits per heavy atom. The highest BCUT2D eigenvalue weighted by Crippen LogP contribution is 2.40. The lowest BCUT2D eigenvalue weighted by molar-refractivity contribution is -0.116. The topological polar surface area (TPSA) is 127 Å². The van der Waals surface area contributed by atoms with Crippen molar-refractivity contribution < 1.29 is 28.3 Å². The molecule has 1 unspecified atom stereocenters. The molecule has 2 aromatic heterocycles. The molecule has 2 heterocycles. The maximum atomic E-state index is 14.2. The minimum Gasteiger partial charge on any atom is -0.465 e. The van der Waals surface area contributed by atoms with Crippen molar-refractivity contribution in [1.29, 1.82) is 0 Å². The van der Waals surface area contributed by atoms with Gasteiger partial charge >= 0.3 is 5.97 Å². The van der Waals surface area contributed by atoms with Crippen LogP contribution in [0.3, 0.4) is 0 Å². The van der Waals surface area contributed by atoms with E-state index in [1.165, 1.54) is 35.4 Å². The molecule has 0 aliphatic rings. The van der Waals surface area contributed by atoms with E-state index in [0.717, 1.165) is 16.7 Å². The van der Waals surface area contributed by atoms with Crippen LogP contribution in [0.15, 0.2) is 148 Å². The molecule has 0 saturated carbocycles. The lowest BCUT2D eigenvalue weighted by Gasteiger charge is -2.18. The zero-order chi connectivity index (χ0) is 37.2. The number of carbonyl (C=O) groups excluding carboxylic acids is 4. The third kappa shape index (κ3) is 9.39. The van der Waals surface area contributed by atoms with Crippen molar-refractivity contribution in [2.24, 2.45) is 0 Å². The minimum atomic E-state index is -0.735. The molecule has 3 amide bonds. The first-order chi connectivity index (χ1) is 25.8. The smallest absolute Gasteiger partial charge is 0.341 e. The number of thioether (sulfide) groups is 1. The molecule has 0 fully saturated rings. The van der Waals surface area contributed by atoms with E-state index in [1.807, 2.05) is 73.0 Å². The second-order valence-corrected chi connectivity index (χ2v) is 13.8. The predicted molar refractivity (Wildman–Crippen MR) is 210 cm³/mol. The Hall–Kier alpha value is -6.17. The maximum Gasteiger partial charge on any atom is 0.341 e. The molecule has 0 bridgehead atoms. The first-order valence-electron chi connectivity index (χ1n) is 16.7. The molecule has 0 spiro atoms. The predicted octanol–water partition coefficient (Wildman–Crippen LogP) is 9.37. The molecule has 0 aliphatic carbocycles. The Labute approximate surface area is 315 Å². The fraction of sp³-hybridized carbons (Fsp3) is 0.0952. The number of hydrogen-bond acceptors (Lipinski definition) is 8. The van der Waals surface area contributed by atoms with Crippen molar-refractivity contribution in [3.63, 3.8) is 0 Å². The van der Waals surface area contributed by atoms with E-state index in [4.69, 9.17) is 9.15 Å². The fourth-order valence-electron chi connectivity index (χ4n) is 5.32. The van der Waals surface area contributed by atoms with Crippen LogP contribution in [0, 0.1) is 6.92 Å². The van der Waals surface area contributed by atoms with Crippen molar-refractivity contribution in [3.8, 4) is 11.1 Å². The molecule has 3 N–H and O–H groups in total. The number of nitrogens with one attached hydrogen (secondary N) is 3. The Morgan fingerprint density at radius 1 is 0.849 bits per heavy atom. The summed E-state index contributed by atoms with van der Waals surface area (Å²) in [7, 11) is 0. The molecule has 11 heteroatoms. The van der Waals surface area contributed by atoms with E-state index in [9.17, 15) is 19.2 Å². The van der Waals surface area contributed by atoms with Gasteiger partial charge in [0.25, 0.3) is 11.8 Å². The van der Waals surface area contributed by atoms with Gasteiger partial charge in [-0.1, -0.05) is 84.4 Å². The number of carbonyl (C=O) groups is 4. The van der Waals surface area contributed by atoms with Crippen LogP contribution in [-0.4, -0.2) is 30.3 Å². The minimum absolute atomic E-state index is 0.0215. The van der Waals surface area contributed by atoms with Gasteiger partial charge in [-0.3, -0.25) is 14.4 Å². The largest absolute Gasteiger partial charge is 0.465 e. The van der Waals surface area contributed by atoms with Crippen molar-refractivity contribution in [1.82, 2.24) is 5.32 Å². The quantitative estimate of drug-likeness (QED) is 0.0612. The number of esters is 1. The van der Waals surface area contributed by atoms with Crippen molar-refractivity contribution >= 4 is 63.6 Å². The molecule has 0 aliphatic heterocycles. The summed E-state index contributed by atoms with van der Waals surface area (Å²) >= 11 is 2.55. The maximum absolute atomic E-state index is 14.2. The third-order valence-electron chi connectivity index (χ3n) is 7.91. The molecule has 6 aromatic rings. The van der Waals surface area contributed by atoms with Crippen LogP contribution in [0.4, 0.5) is 10.7 Å². The molecule has 53 heavy (non-hydrogen) atoms. The number of aryl methyl sites for hydroxylation is 1. The number of ether oxygens (including phenoxy) is 1. The average Bonchev–Trinajstić information content (AvgIpc) is 3.85. The SMILES string of the molecule is CCOC(=O)c1c(-c2ccc(C)cc2)csc1NC(=O)C(Sc1cccc(NC(=O)/C(=C/c2ccco2)NC(=O)c2ccccc2)c1)c1ccccc1. The van der Waals surface area contributed by atoms with Gasteiger partial charge in [-0.15, -0.1) is 23.1 Å². The standard InChI is InChI=1S/C42H35N3O6S2/c1-3-50-42(49)36-34(28-21-19-27(2)20-22-28)26-52-41(36)45-40(48)37(29-12-6-4-7-13-29)53-33-18-10-16-31(24-33)43-39(47)35(25-32-17-11-23-51-32)44-38(46)30-14-8-5-9-15-30/h4-26,37H,3H2,1-2H3,(H,43,47)(H,44,46)(H,45,48)/b35-25-. The molecule has 9 nitrogen and oxygen atoms in total. The van der Waals surface area contributed by atoms with E-state index in [0.29, 0.717) is 38.0 Å². The highest BCUT2D eigenvalue weighted by atomic mass is 32.2. The van der Waals surface area contributed by atoms with E-state index >= 15 is 0 Å².